The molecule has 6 nitrogen and oxygen atoms in total. The van der Waals surface area contributed by atoms with Gasteiger partial charge in [-0.2, -0.15) is 5.10 Å². The molecule has 0 bridgehead atoms. The van der Waals surface area contributed by atoms with Gasteiger partial charge in [0, 0.05) is 26.1 Å². The lowest BCUT2D eigenvalue weighted by molar-refractivity contribution is -0.134. The second-order valence-corrected chi connectivity index (χ2v) is 5.81. The molecule has 0 radical (unpaired) electrons. The number of benzene rings is 1. The molecular formula is C17H24ClN5O. The molecule has 2 aromatic rings. The van der Waals surface area contributed by atoms with Crippen LogP contribution in [0.2, 0.25) is 0 Å². The zero-order valence-corrected chi connectivity index (χ0v) is 14.7. The third-order valence-corrected chi connectivity index (χ3v) is 4.36. The van der Waals surface area contributed by atoms with Crippen LogP contribution in [0, 0.1) is 0 Å². The van der Waals surface area contributed by atoms with Crippen LogP contribution in [0.5, 0.6) is 0 Å². The maximum atomic E-state index is 12.6. The van der Waals surface area contributed by atoms with Gasteiger partial charge < -0.3 is 10.2 Å². The first-order chi connectivity index (χ1) is 11.3. The number of rotatable bonds is 5. The van der Waals surface area contributed by atoms with E-state index in [1.54, 1.807) is 11.0 Å². The highest BCUT2D eigenvalue weighted by atomic mass is 35.5. The number of halogens is 1. The molecule has 1 N–H and O–H groups in total. The lowest BCUT2D eigenvalue weighted by Gasteiger charge is -2.36. The van der Waals surface area contributed by atoms with Crippen LogP contribution in [0.4, 0.5) is 0 Å². The van der Waals surface area contributed by atoms with Crippen molar-refractivity contribution >= 4 is 18.3 Å². The SMILES string of the molecule is CCc1ccc(C2CNCCN2C(=O)CCn2cncn2)cc1.Cl. The van der Waals surface area contributed by atoms with E-state index >= 15 is 0 Å². The zero-order valence-electron chi connectivity index (χ0n) is 13.9. The molecule has 0 aliphatic carbocycles. The van der Waals surface area contributed by atoms with Crippen molar-refractivity contribution in [2.75, 3.05) is 19.6 Å². The van der Waals surface area contributed by atoms with Crippen LogP contribution in [-0.2, 0) is 17.8 Å². The molecule has 0 spiro atoms. The molecule has 1 amide bonds. The smallest absolute Gasteiger partial charge is 0.225 e. The van der Waals surface area contributed by atoms with Gasteiger partial charge in [0.15, 0.2) is 0 Å². The van der Waals surface area contributed by atoms with Crippen LogP contribution in [0.25, 0.3) is 0 Å². The van der Waals surface area contributed by atoms with Gasteiger partial charge in [-0.05, 0) is 17.5 Å². The lowest BCUT2D eigenvalue weighted by Crippen LogP contribution is -2.48. The Balaban J connectivity index is 0.00000208. The van der Waals surface area contributed by atoms with Crippen LogP contribution in [0.3, 0.4) is 0 Å². The molecule has 2 heterocycles. The topological polar surface area (TPSA) is 63.1 Å². The Morgan fingerprint density at radius 3 is 2.79 bits per heavy atom. The Bertz CT molecular complexity index is 629. The summed E-state index contributed by atoms with van der Waals surface area (Å²) in [5, 5.41) is 7.45. The van der Waals surface area contributed by atoms with Gasteiger partial charge in [0.1, 0.15) is 12.7 Å². The maximum absolute atomic E-state index is 12.6. The second-order valence-electron chi connectivity index (χ2n) is 5.81. The number of hydrogen-bond acceptors (Lipinski definition) is 4. The summed E-state index contributed by atoms with van der Waals surface area (Å²) in [4.78, 5) is 18.5. The van der Waals surface area contributed by atoms with Gasteiger partial charge in [-0.1, -0.05) is 31.2 Å². The minimum Gasteiger partial charge on any atom is -0.333 e. The van der Waals surface area contributed by atoms with Gasteiger partial charge >= 0.3 is 0 Å². The molecule has 1 aromatic carbocycles. The van der Waals surface area contributed by atoms with Crippen molar-refractivity contribution in [2.24, 2.45) is 0 Å². The van der Waals surface area contributed by atoms with E-state index in [1.807, 2.05) is 4.90 Å². The Hall–Kier alpha value is -1.92. The minimum absolute atomic E-state index is 0. The fraction of sp³-hybridized carbons (Fsp3) is 0.471. The highest BCUT2D eigenvalue weighted by Gasteiger charge is 2.27. The fourth-order valence-corrected chi connectivity index (χ4v) is 2.98. The van der Waals surface area contributed by atoms with Gasteiger partial charge in [-0.15, -0.1) is 12.4 Å². The van der Waals surface area contributed by atoms with E-state index in [9.17, 15) is 4.79 Å². The second kappa shape index (κ2) is 8.80. The molecular weight excluding hydrogens is 326 g/mol. The fourth-order valence-electron chi connectivity index (χ4n) is 2.98. The van der Waals surface area contributed by atoms with Gasteiger partial charge in [-0.25, -0.2) is 4.98 Å². The normalized spacial score (nSPS) is 17.4. The first-order valence-electron chi connectivity index (χ1n) is 8.19. The van der Waals surface area contributed by atoms with E-state index in [4.69, 9.17) is 0 Å². The standard InChI is InChI=1S/C17H23N5O.ClH/c1-2-14-3-5-15(6-4-14)16-11-18-8-10-22(16)17(23)7-9-21-13-19-12-20-21;/h3-6,12-13,16,18H,2,7-11H2,1H3;1H. The summed E-state index contributed by atoms with van der Waals surface area (Å²) in [7, 11) is 0. The van der Waals surface area contributed by atoms with Crippen molar-refractivity contribution in [1.29, 1.82) is 0 Å². The highest BCUT2D eigenvalue weighted by molar-refractivity contribution is 5.85. The number of aromatic nitrogens is 3. The molecule has 1 unspecified atom stereocenters. The van der Waals surface area contributed by atoms with Crippen LogP contribution in [-0.4, -0.2) is 45.2 Å². The molecule has 1 fully saturated rings. The highest BCUT2D eigenvalue weighted by Crippen LogP contribution is 2.23. The van der Waals surface area contributed by atoms with Crippen molar-refractivity contribution in [3.8, 4) is 0 Å². The van der Waals surface area contributed by atoms with Crippen LogP contribution in [0.1, 0.15) is 30.5 Å². The third kappa shape index (κ3) is 4.33. The first-order valence-corrected chi connectivity index (χ1v) is 8.19. The van der Waals surface area contributed by atoms with Crippen molar-refractivity contribution in [1.82, 2.24) is 25.0 Å². The number of carbonyl (C=O) groups is 1. The van der Waals surface area contributed by atoms with Gasteiger partial charge in [-0.3, -0.25) is 9.48 Å². The first kappa shape index (κ1) is 18.4. The maximum Gasteiger partial charge on any atom is 0.225 e. The van der Waals surface area contributed by atoms with E-state index in [1.165, 1.54) is 17.5 Å². The average Bonchev–Trinajstić information content (AvgIpc) is 3.13. The summed E-state index contributed by atoms with van der Waals surface area (Å²) in [5.41, 5.74) is 2.52. The number of nitrogens with one attached hydrogen (secondary N) is 1. The molecule has 7 heteroatoms. The average molecular weight is 350 g/mol. The van der Waals surface area contributed by atoms with E-state index in [0.717, 1.165) is 26.1 Å². The lowest BCUT2D eigenvalue weighted by atomic mass is 10.0. The van der Waals surface area contributed by atoms with Gasteiger partial charge in [0.05, 0.1) is 12.6 Å². The molecule has 1 aromatic heterocycles. The van der Waals surface area contributed by atoms with Crippen molar-refractivity contribution in [3.05, 3.63) is 48.0 Å². The van der Waals surface area contributed by atoms with Crippen LogP contribution in [0.15, 0.2) is 36.9 Å². The quantitative estimate of drug-likeness (QED) is 0.894. The predicted octanol–water partition coefficient (Wildman–Crippen LogP) is 1.83. The number of nitrogens with zero attached hydrogens (tertiary/aromatic N) is 4. The Morgan fingerprint density at radius 2 is 2.12 bits per heavy atom. The molecule has 1 saturated heterocycles. The van der Waals surface area contributed by atoms with Crippen molar-refractivity contribution in [2.45, 2.75) is 32.4 Å². The summed E-state index contributed by atoms with van der Waals surface area (Å²) in [6.45, 7) is 5.12. The summed E-state index contributed by atoms with van der Waals surface area (Å²) >= 11 is 0. The molecule has 130 valence electrons. The number of piperazine rings is 1. The van der Waals surface area contributed by atoms with Crippen molar-refractivity contribution < 1.29 is 4.79 Å². The Labute approximate surface area is 148 Å². The summed E-state index contributed by atoms with van der Waals surface area (Å²) < 4.78 is 1.70. The number of carbonyl (C=O) groups excluding carboxylic acids is 1. The van der Waals surface area contributed by atoms with E-state index in [0.29, 0.717) is 13.0 Å². The molecule has 0 saturated carbocycles. The molecule has 1 aliphatic heterocycles. The van der Waals surface area contributed by atoms with Crippen molar-refractivity contribution in [3.63, 3.8) is 0 Å². The summed E-state index contributed by atoms with van der Waals surface area (Å²) in [5.74, 6) is 0.173. The molecule has 1 atom stereocenters. The van der Waals surface area contributed by atoms with E-state index in [2.05, 4.69) is 46.6 Å². The van der Waals surface area contributed by atoms with E-state index in [-0.39, 0.29) is 24.4 Å². The zero-order chi connectivity index (χ0) is 16.1. The molecule has 3 rings (SSSR count). The number of hydrogen-bond donors (Lipinski definition) is 1. The van der Waals surface area contributed by atoms with Crippen LogP contribution < -0.4 is 5.32 Å². The third-order valence-electron chi connectivity index (χ3n) is 4.36. The van der Waals surface area contributed by atoms with Gasteiger partial charge in [0.2, 0.25) is 5.91 Å². The molecule has 24 heavy (non-hydrogen) atoms. The number of aryl methyl sites for hydroxylation is 2. The van der Waals surface area contributed by atoms with Crippen LogP contribution >= 0.6 is 12.4 Å². The number of amides is 1. The van der Waals surface area contributed by atoms with Gasteiger partial charge in [0.25, 0.3) is 0 Å². The van der Waals surface area contributed by atoms with E-state index < -0.39 is 0 Å². The summed E-state index contributed by atoms with van der Waals surface area (Å²) in [6.07, 6.45) is 4.62. The monoisotopic (exact) mass is 349 g/mol. The molecule has 1 aliphatic rings. The summed E-state index contributed by atoms with van der Waals surface area (Å²) in [6, 6.07) is 8.71. The minimum atomic E-state index is 0. The largest absolute Gasteiger partial charge is 0.333 e. The Kier molecular flexibility index (Phi) is 6.75. The predicted molar refractivity (Wildman–Crippen MR) is 95.0 cm³/mol. The Morgan fingerprint density at radius 1 is 1.33 bits per heavy atom.